The summed E-state index contributed by atoms with van der Waals surface area (Å²) in [6.07, 6.45) is 1.70. The molecule has 3 N–H and O–H groups in total. The highest BCUT2D eigenvalue weighted by molar-refractivity contribution is 5.79. The zero-order valence-electron chi connectivity index (χ0n) is 6.88. The number of anilines is 1. The molecule has 0 radical (unpaired) electrons. The first-order chi connectivity index (χ1) is 5.79. The zero-order valence-corrected chi connectivity index (χ0v) is 6.88. The average molecular weight is 160 g/mol. The molecule has 0 aromatic heterocycles. The number of nitrogens with one attached hydrogen (secondary N) is 1. The maximum atomic E-state index is 5.32. The minimum atomic E-state index is 0.863. The smallest absolute Gasteiger partial charge is 0.0563 e. The van der Waals surface area contributed by atoms with E-state index in [1.165, 1.54) is 0 Å². The predicted molar refractivity (Wildman–Crippen MR) is 53.5 cm³/mol. The molecule has 0 aliphatic rings. The fourth-order valence-electron chi connectivity index (χ4n) is 0.999. The van der Waals surface area contributed by atoms with Crippen LogP contribution >= 0.6 is 0 Å². The van der Waals surface area contributed by atoms with E-state index in [1.807, 2.05) is 24.3 Å². The molecule has 0 spiro atoms. The van der Waals surface area contributed by atoms with Crippen LogP contribution in [0.2, 0.25) is 0 Å². The number of nitrogen functional groups attached to an aromatic ring is 1. The Kier molecular flexibility index (Phi) is 2.66. The van der Waals surface area contributed by atoms with Crippen molar-refractivity contribution in [1.29, 1.82) is 0 Å². The lowest BCUT2D eigenvalue weighted by Gasteiger charge is -2.07. The number of hydrogen-bond donors (Lipinski definition) is 2. The first-order valence-electron chi connectivity index (χ1n) is 3.67. The van der Waals surface area contributed by atoms with Crippen molar-refractivity contribution in [1.82, 2.24) is 0 Å². The van der Waals surface area contributed by atoms with Crippen LogP contribution in [0, 0.1) is 0 Å². The zero-order chi connectivity index (χ0) is 8.97. The van der Waals surface area contributed by atoms with E-state index in [4.69, 9.17) is 5.84 Å². The number of nitrogens with two attached hydrogens (primary N) is 1. The van der Waals surface area contributed by atoms with Crippen LogP contribution in [0.1, 0.15) is 5.56 Å². The molecule has 12 heavy (non-hydrogen) atoms. The van der Waals surface area contributed by atoms with E-state index in [2.05, 4.69) is 18.6 Å². The Labute approximate surface area is 72.4 Å². The van der Waals surface area contributed by atoms with Crippen molar-refractivity contribution in [3.63, 3.8) is 0 Å². The van der Waals surface area contributed by atoms with E-state index in [0.717, 1.165) is 16.8 Å². The number of benzene rings is 1. The highest BCUT2D eigenvalue weighted by Crippen LogP contribution is 2.21. The quantitative estimate of drug-likeness (QED) is 0.404. The molecule has 0 fully saturated rings. The molecule has 1 aromatic carbocycles. The molecular formula is C10H12N2. The number of para-hydroxylation sites is 1. The molecule has 0 saturated carbocycles. The Hall–Kier alpha value is -1.54. The highest BCUT2D eigenvalue weighted by atomic mass is 15.2. The summed E-state index contributed by atoms with van der Waals surface area (Å²) in [4.78, 5) is 0. The Morgan fingerprint density at radius 3 is 2.67 bits per heavy atom. The third kappa shape index (κ3) is 1.54. The minimum Gasteiger partial charge on any atom is -0.324 e. The SMILES string of the molecule is C=CC(=C)c1ccccc1NN. The normalized spacial score (nSPS) is 9.08. The van der Waals surface area contributed by atoms with Gasteiger partial charge in [0.1, 0.15) is 0 Å². The first-order valence-corrected chi connectivity index (χ1v) is 3.67. The van der Waals surface area contributed by atoms with Gasteiger partial charge in [-0.1, -0.05) is 37.4 Å². The van der Waals surface area contributed by atoms with E-state index in [0.29, 0.717) is 0 Å². The van der Waals surface area contributed by atoms with Gasteiger partial charge in [-0.3, -0.25) is 5.84 Å². The van der Waals surface area contributed by atoms with Gasteiger partial charge < -0.3 is 5.43 Å². The lowest BCUT2D eigenvalue weighted by atomic mass is 10.1. The molecule has 0 amide bonds. The van der Waals surface area contributed by atoms with Crippen LogP contribution in [0.5, 0.6) is 0 Å². The minimum absolute atomic E-state index is 0.863. The fraction of sp³-hybridized carbons (Fsp3) is 0. The number of hydrazine groups is 1. The van der Waals surface area contributed by atoms with Crippen LogP contribution in [0.4, 0.5) is 5.69 Å². The average Bonchev–Trinajstić information content (AvgIpc) is 2.16. The van der Waals surface area contributed by atoms with Crippen molar-refractivity contribution < 1.29 is 0 Å². The Bertz CT molecular complexity index is 302. The second-order valence-electron chi connectivity index (χ2n) is 2.42. The number of hydrogen-bond acceptors (Lipinski definition) is 2. The van der Waals surface area contributed by atoms with Crippen LogP contribution in [0.3, 0.4) is 0 Å². The molecule has 62 valence electrons. The van der Waals surface area contributed by atoms with Crippen LogP contribution < -0.4 is 11.3 Å². The summed E-state index contributed by atoms with van der Waals surface area (Å²) in [6.45, 7) is 7.48. The van der Waals surface area contributed by atoms with E-state index in [1.54, 1.807) is 6.08 Å². The van der Waals surface area contributed by atoms with E-state index in [-0.39, 0.29) is 0 Å². The summed E-state index contributed by atoms with van der Waals surface area (Å²) in [5.41, 5.74) is 5.31. The topological polar surface area (TPSA) is 38.0 Å². The molecule has 0 heterocycles. The third-order valence-electron chi connectivity index (χ3n) is 1.67. The van der Waals surface area contributed by atoms with Crippen molar-refractivity contribution in [2.24, 2.45) is 5.84 Å². The molecule has 0 unspecified atom stereocenters. The summed E-state index contributed by atoms with van der Waals surface area (Å²) in [7, 11) is 0. The largest absolute Gasteiger partial charge is 0.324 e. The van der Waals surface area contributed by atoms with Crippen molar-refractivity contribution in [2.45, 2.75) is 0 Å². The standard InChI is InChI=1S/C10H12N2/c1-3-8(2)9-6-4-5-7-10(9)12-11/h3-7,12H,1-2,11H2. The Balaban J connectivity index is 3.13. The van der Waals surface area contributed by atoms with Crippen LogP contribution in [-0.2, 0) is 0 Å². The molecule has 1 aromatic rings. The second kappa shape index (κ2) is 3.74. The summed E-state index contributed by atoms with van der Waals surface area (Å²) in [6, 6.07) is 7.68. The van der Waals surface area contributed by atoms with Crippen molar-refractivity contribution >= 4 is 11.3 Å². The lowest BCUT2D eigenvalue weighted by Crippen LogP contribution is -2.08. The first kappa shape index (κ1) is 8.56. The maximum absolute atomic E-state index is 5.32. The Morgan fingerprint density at radius 2 is 2.08 bits per heavy atom. The van der Waals surface area contributed by atoms with Gasteiger partial charge in [0.2, 0.25) is 0 Å². The molecule has 2 nitrogen and oxygen atoms in total. The van der Waals surface area contributed by atoms with Gasteiger partial charge in [0.15, 0.2) is 0 Å². The van der Waals surface area contributed by atoms with Gasteiger partial charge in [-0.25, -0.2) is 0 Å². The summed E-state index contributed by atoms with van der Waals surface area (Å²) in [5.74, 6) is 5.32. The molecule has 0 saturated heterocycles. The second-order valence-corrected chi connectivity index (χ2v) is 2.42. The molecule has 0 atom stereocenters. The molecule has 1 rings (SSSR count). The lowest BCUT2D eigenvalue weighted by molar-refractivity contribution is 1.34. The van der Waals surface area contributed by atoms with Gasteiger partial charge in [-0.2, -0.15) is 0 Å². The molecule has 0 bridgehead atoms. The van der Waals surface area contributed by atoms with E-state index >= 15 is 0 Å². The highest BCUT2D eigenvalue weighted by Gasteiger charge is 1.99. The van der Waals surface area contributed by atoms with E-state index < -0.39 is 0 Å². The van der Waals surface area contributed by atoms with Gasteiger partial charge in [0.25, 0.3) is 0 Å². The Morgan fingerprint density at radius 1 is 1.42 bits per heavy atom. The number of allylic oxidation sites excluding steroid dienone is 2. The van der Waals surface area contributed by atoms with Gasteiger partial charge in [0.05, 0.1) is 5.69 Å². The molecule has 0 aliphatic carbocycles. The monoisotopic (exact) mass is 160 g/mol. The molecule has 0 aliphatic heterocycles. The molecule has 2 heteroatoms. The summed E-state index contributed by atoms with van der Waals surface area (Å²) in [5, 5.41) is 0. The predicted octanol–water partition coefficient (Wildman–Crippen LogP) is 2.17. The third-order valence-corrected chi connectivity index (χ3v) is 1.67. The van der Waals surface area contributed by atoms with Crippen molar-refractivity contribution in [3.8, 4) is 0 Å². The van der Waals surface area contributed by atoms with Crippen LogP contribution in [0.25, 0.3) is 5.57 Å². The van der Waals surface area contributed by atoms with Gasteiger partial charge in [0, 0.05) is 5.56 Å². The van der Waals surface area contributed by atoms with Crippen molar-refractivity contribution in [3.05, 3.63) is 49.1 Å². The maximum Gasteiger partial charge on any atom is 0.0563 e. The van der Waals surface area contributed by atoms with Gasteiger partial charge in [-0.05, 0) is 11.6 Å². The number of rotatable bonds is 3. The van der Waals surface area contributed by atoms with E-state index in [9.17, 15) is 0 Å². The van der Waals surface area contributed by atoms with Crippen molar-refractivity contribution in [2.75, 3.05) is 5.43 Å². The summed E-state index contributed by atoms with van der Waals surface area (Å²) < 4.78 is 0. The van der Waals surface area contributed by atoms with Gasteiger partial charge >= 0.3 is 0 Å². The fourth-order valence-corrected chi connectivity index (χ4v) is 0.999. The van der Waals surface area contributed by atoms with Crippen LogP contribution in [-0.4, -0.2) is 0 Å². The van der Waals surface area contributed by atoms with Crippen LogP contribution in [0.15, 0.2) is 43.5 Å². The molecular weight excluding hydrogens is 148 g/mol. The van der Waals surface area contributed by atoms with Gasteiger partial charge in [-0.15, -0.1) is 0 Å². The summed E-state index contributed by atoms with van der Waals surface area (Å²) >= 11 is 0.